The number of methoxy groups -OCH3 is 2. The van der Waals surface area contributed by atoms with Gasteiger partial charge in [-0.3, -0.25) is 4.79 Å². The first-order valence-electron chi connectivity index (χ1n) is 4.71. The fourth-order valence-corrected chi connectivity index (χ4v) is 1.05. The van der Waals surface area contributed by atoms with Gasteiger partial charge in [-0.15, -0.1) is 0 Å². The average molecular weight is 204 g/mol. The van der Waals surface area contributed by atoms with E-state index in [9.17, 15) is 4.79 Å². The van der Waals surface area contributed by atoms with Crippen molar-refractivity contribution < 1.29 is 14.3 Å². The van der Waals surface area contributed by atoms with Crippen LogP contribution in [-0.4, -0.2) is 45.9 Å². The van der Waals surface area contributed by atoms with E-state index in [1.165, 1.54) is 0 Å². The van der Waals surface area contributed by atoms with E-state index in [0.717, 1.165) is 6.42 Å². The Morgan fingerprint density at radius 2 is 2.14 bits per heavy atom. The van der Waals surface area contributed by atoms with Gasteiger partial charge in [-0.2, -0.15) is 0 Å². The molecule has 0 aliphatic rings. The zero-order chi connectivity index (χ0) is 10.8. The van der Waals surface area contributed by atoms with Gasteiger partial charge < -0.3 is 20.5 Å². The smallest absolute Gasteiger partial charge is 0.220 e. The second-order valence-electron chi connectivity index (χ2n) is 3.05. The SMILES string of the molecule is COCCCC(=O)NC(CN)COC. The van der Waals surface area contributed by atoms with E-state index in [0.29, 0.717) is 26.2 Å². The lowest BCUT2D eigenvalue weighted by atomic mass is 10.2. The second kappa shape index (κ2) is 8.93. The number of hydrogen-bond donors (Lipinski definition) is 2. The third kappa shape index (κ3) is 6.82. The number of amides is 1. The summed E-state index contributed by atoms with van der Waals surface area (Å²) in [7, 11) is 3.20. The van der Waals surface area contributed by atoms with Crippen molar-refractivity contribution >= 4 is 5.91 Å². The van der Waals surface area contributed by atoms with Crippen LogP contribution in [0.1, 0.15) is 12.8 Å². The molecule has 5 heteroatoms. The molecule has 0 bridgehead atoms. The lowest BCUT2D eigenvalue weighted by Crippen LogP contribution is -2.43. The van der Waals surface area contributed by atoms with Crippen molar-refractivity contribution in [3.05, 3.63) is 0 Å². The van der Waals surface area contributed by atoms with Gasteiger partial charge >= 0.3 is 0 Å². The molecule has 0 radical (unpaired) electrons. The molecule has 0 rings (SSSR count). The van der Waals surface area contributed by atoms with Crippen molar-refractivity contribution in [3.8, 4) is 0 Å². The van der Waals surface area contributed by atoms with E-state index in [1.54, 1.807) is 14.2 Å². The summed E-state index contributed by atoms with van der Waals surface area (Å²) >= 11 is 0. The van der Waals surface area contributed by atoms with Crippen molar-refractivity contribution in [1.29, 1.82) is 0 Å². The van der Waals surface area contributed by atoms with Gasteiger partial charge in [-0.05, 0) is 6.42 Å². The molecule has 0 aromatic heterocycles. The fourth-order valence-electron chi connectivity index (χ4n) is 1.05. The Hall–Kier alpha value is -0.650. The largest absolute Gasteiger partial charge is 0.385 e. The van der Waals surface area contributed by atoms with Crippen LogP contribution in [0.3, 0.4) is 0 Å². The van der Waals surface area contributed by atoms with Crippen LogP contribution in [0.25, 0.3) is 0 Å². The maximum absolute atomic E-state index is 11.3. The monoisotopic (exact) mass is 204 g/mol. The molecule has 0 saturated heterocycles. The van der Waals surface area contributed by atoms with E-state index in [-0.39, 0.29) is 11.9 Å². The van der Waals surface area contributed by atoms with Crippen LogP contribution < -0.4 is 11.1 Å². The minimum atomic E-state index is -0.0879. The molecule has 0 fully saturated rings. The van der Waals surface area contributed by atoms with Crippen molar-refractivity contribution in [3.63, 3.8) is 0 Å². The van der Waals surface area contributed by atoms with E-state index in [2.05, 4.69) is 5.32 Å². The Morgan fingerprint density at radius 1 is 1.43 bits per heavy atom. The normalized spacial score (nSPS) is 12.5. The first kappa shape index (κ1) is 13.4. The quantitative estimate of drug-likeness (QED) is 0.523. The summed E-state index contributed by atoms with van der Waals surface area (Å²) in [5.74, 6) is -0.00505. The Balaban J connectivity index is 3.56. The summed E-state index contributed by atoms with van der Waals surface area (Å²) in [4.78, 5) is 11.3. The average Bonchev–Trinajstić information content (AvgIpc) is 2.17. The molecule has 0 saturated carbocycles. The molecule has 5 nitrogen and oxygen atoms in total. The number of nitrogens with two attached hydrogens (primary N) is 1. The van der Waals surface area contributed by atoms with Crippen LogP contribution in [0, 0.1) is 0 Å². The molecule has 1 amide bonds. The highest BCUT2D eigenvalue weighted by Crippen LogP contribution is 1.91. The Morgan fingerprint density at radius 3 is 2.64 bits per heavy atom. The van der Waals surface area contributed by atoms with E-state index >= 15 is 0 Å². The van der Waals surface area contributed by atoms with Gasteiger partial charge in [-0.25, -0.2) is 0 Å². The molecule has 14 heavy (non-hydrogen) atoms. The van der Waals surface area contributed by atoms with E-state index in [1.807, 2.05) is 0 Å². The lowest BCUT2D eigenvalue weighted by Gasteiger charge is -2.15. The lowest BCUT2D eigenvalue weighted by molar-refractivity contribution is -0.122. The Kier molecular flexibility index (Phi) is 8.51. The topological polar surface area (TPSA) is 73.6 Å². The Bertz CT molecular complexity index is 153. The third-order valence-corrected chi connectivity index (χ3v) is 1.77. The van der Waals surface area contributed by atoms with Gasteiger partial charge in [0.2, 0.25) is 5.91 Å². The summed E-state index contributed by atoms with van der Waals surface area (Å²) in [6.07, 6.45) is 1.20. The van der Waals surface area contributed by atoms with E-state index in [4.69, 9.17) is 15.2 Å². The molecule has 0 aromatic rings. The molecule has 0 aromatic carbocycles. The van der Waals surface area contributed by atoms with Crippen molar-refractivity contribution in [2.75, 3.05) is 34.0 Å². The Labute approximate surface area is 84.9 Å². The summed E-state index contributed by atoms with van der Waals surface area (Å²) in [6.45, 7) is 1.45. The minimum Gasteiger partial charge on any atom is -0.385 e. The molecule has 0 heterocycles. The molecule has 3 N–H and O–H groups in total. The molecular weight excluding hydrogens is 184 g/mol. The predicted octanol–water partition coefficient (Wildman–Crippen LogP) is -0.497. The number of ether oxygens (including phenoxy) is 2. The van der Waals surface area contributed by atoms with Crippen LogP contribution in [0.15, 0.2) is 0 Å². The van der Waals surface area contributed by atoms with Gasteiger partial charge in [0, 0.05) is 33.8 Å². The van der Waals surface area contributed by atoms with Gasteiger partial charge in [0.25, 0.3) is 0 Å². The van der Waals surface area contributed by atoms with Gasteiger partial charge in [0.05, 0.1) is 12.6 Å². The fraction of sp³-hybridized carbons (Fsp3) is 0.889. The predicted molar refractivity (Wildman–Crippen MR) is 54.0 cm³/mol. The minimum absolute atomic E-state index is 0.00505. The molecule has 1 unspecified atom stereocenters. The summed E-state index contributed by atoms with van der Waals surface area (Å²) in [5.41, 5.74) is 5.44. The molecule has 0 aliphatic carbocycles. The van der Waals surface area contributed by atoms with Gasteiger partial charge in [0.1, 0.15) is 0 Å². The number of carbonyl (C=O) groups excluding carboxylic acids is 1. The molecule has 0 spiro atoms. The van der Waals surface area contributed by atoms with Crippen molar-refractivity contribution in [1.82, 2.24) is 5.32 Å². The number of rotatable bonds is 8. The standard InChI is InChI=1S/C9H20N2O3/c1-13-5-3-4-9(12)11-8(6-10)7-14-2/h8H,3-7,10H2,1-2H3,(H,11,12). The van der Waals surface area contributed by atoms with Crippen LogP contribution in [0.4, 0.5) is 0 Å². The number of hydrogen-bond acceptors (Lipinski definition) is 4. The highest BCUT2D eigenvalue weighted by atomic mass is 16.5. The zero-order valence-corrected chi connectivity index (χ0v) is 8.91. The third-order valence-electron chi connectivity index (χ3n) is 1.77. The van der Waals surface area contributed by atoms with Crippen LogP contribution in [-0.2, 0) is 14.3 Å². The summed E-state index contributed by atoms with van der Waals surface area (Å²) < 4.78 is 9.74. The van der Waals surface area contributed by atoms with Crippen LogP contribution in [0.5, 0.6) is 0 Å². The maximum Gasteiger partial charge on any atom is 0.220 e. The molecule has 0 aliphatic heterocycles. The first-order valence-corrected chi connectivity index (χ1v) is 4.71. The second-order valence-corrected chi connectivity index (χ2v) is 3.05. The molecule has 1 atom stereocenters. The summed E-state index contributed by atoms with van der Waals surface area (Å²) in [6, 6.07) is -0.0879. The molecular formula is C9H20N2O3. The van der Waals surface area contributed by atoms with Crippen LogP contribution >= 0.6 is 0 Å². The zero-order valence-electron chi connectivity index (χ0n) is 8.91. The highest BCUT2D eigenvalue weighted by molar-refractivity contribution is 5.76. The van der Waals surface area contributed by atoms with Gasteiger partial charge in [0.15, 0.2) is 0 Å². The van der Waals surface area contributed by atoms with Crippen molar-refractivity contribution in [2.24, 2.45) is 5.73 Å². The number of carbonyl (C=O) groups is 1. The van der Waals surface area contributed by atoms with E-state index < -0.39 is 0 Å². The number of nitrogens with one attached hydrogen (secondary N) is 1. The molecule has 84 valence electrons. The van der Waals surface area contributed by atoms with Crippen molar-refractivity contribution in [2.45, 2.75) is 18.9 Å². The van der Waals surface area contributed by atoms with Crippen LogP contribution in [0.2, 0.25) is 0 Å². The summed E-state index contributed by atoms with van der Waals surface area (Å²) in [5, 5.41) is 2.78. The van der Waals surface area contributed by atoms with Gasteiger partial charge in [-0.1, -0.05) is 0 Å². The maximum atomic E-state index is 11.3. The first-order chi connectivity index (χ1) is 6.74. The highest BCUT2D eigenvalue weighted by Gasteiger charge is 2.09.